The fourth-order valence-corrected chi connectivity index (χ4v) is 2.40. The van der Waals surface area contributed by atoms with Crippen LogP contribution in [0.25, 0.3) is 0 Å². The minimum atomic E-state index is 0.464. The first-order valence-electron chi connectivity index (χ1n) is 7.03. The molecular weight excluding hydrogens is 331 g/mol. The third-order valence-corrected chi connectivity index (χ3v) is 4.02. The topological polar surface area (TPSA) is 49.8 Å². The molecule has 0 radical (unpaired) electrons. The van der Waals surface area contributed by atoms with Gasteiger partial charge < -0.3 is 10.6 Å². The Morgan fingerprint density at radius 3 is 2.48 bits per heavy atom. The van der Waals surface area contributed by atoms with Crippen LogP contribution in [0.5, 0.6) is 0 Å². The van der Waals surface area contributed by atoms with E-state index in [4.69, 9.17) is 23.2 Å². The SMILES string of the molecule is Clc1cccc(Nc2cc(NCc3ccccc3)ncn2)c1Cl. The van der Waals surface area contributed by atoms with E-state index in [-0.39, 0.29) is 0 Å². The Hall–Kier alpha value is -2.30. The third-order valence-electron chi connectivity index (χ3n) is 3.20. The number of rotatable bonds is 5. The molecule has 3 rings (SSSR count). The summed E-state index contributed by atoms with van der Waals surface area (Å²) in [6.45, 7) is 0.690. The molecule has 0 aliphatic carbocycles. The predicted molar refractivity (Wildman–Crippen MR) is 95.5 cm³/mol. The fraction of sp³-hybridized carbons (Fsp3) is 0.0588. The van der Waals surface area contributed by atoms with Gasteiger partial charge in [-0.25, -0.2) is 9.97 Å². The third kappa shape index (κ3) is 4.12. The summed E-state index contributed by atoms with van der Waals surface area (Å²) < 4.78 is 0. The second-order valence-electron chi connectivity index (χ2n) is 4.85. The number of aromatic nitrogens is 2. The molecule has 2 aromatic carbocycles. The molecule has 6 heteroatoms. The van der Waals surface area contributed by atoms with Crippen LogP contribution < -0.4 is 10.6 Å². The number of benzene rings is 2. The van der Waals surface area contributed by atoms with Crippen LogP contribution in [0.15, 0.2) is 60.9 Å². The average Bonchev–Trinajstić information content (AvgIpc) is 2.59. The normalized spacial score (nSPS) is 10.3. The van der Waals surface area contributed by atoms with Gasteiger partial charge in [0.25, 0.3) is 0 Å². The Morgan fingerprint density at radius 2 is 1.65 bits per heavy atom. The van der Waals surface area contributed by atoms with Crippen LogP contribution in [-0.4, -0.2) is 9.97 Å². The average molecular weight is 345 g/mol. The maximum Gasteiger partial charge on any atom is 0.135 e. The number of halogens is 2. The van der Waals surface area contributed by atoms with E-state index in [1.54, 1.807) is 6.07 Å². The monoisotopic (exact) mass is 344 g/mol. The molecule has 3 aromatic rings. The van der Waals surface area contributed by atoms with Crippen molar-refractivity contribution in [2.24, 2.45) is 0 Å². The zero-order valence-corrected chi connectivity index (χ0v) is 13.6. The Bertz CT molecular complexity index is 794. The van der Waals surface area contributed by atoms with Gasteiger partial charge in [-0.15, -0.1) is 0 Å². The van der Waals surface area contributed by atoms with Crippen molar-refractivity contribution in [3.05, 3.63) is 76.5 Å². The van der Waals surface area contributed by atoms with E-state index in [9.17, 15) is 0 Å². The highest BCUT2D eigenvalue weighted by Crippen LogP contribution is 2.31. The Morgan fingerprint density at radius 1 is 0.870 bits per heavy atom. The Kier molecular flexibility index (Phi) is 4.95. The number of anilines is 3. The van der Waals surface area contributed by atoms with E-state index in [0.29, 0.717) is 28.1 Å². The summed E-state index contributed by atoms with van der Waals surface area (Å²) in [5, 5.41) is 7.37. The van der Waals surface area contributed by atoms with Crippen LogP contribution in [0.2, 0.25) is 10.0 Å². The van der Waals surface area contributed by atoms with Gasteiger partial charge in [-0.3, -0.25) is 0 Å². The smallest absolute Gasteiger partial charge is 0.135 e. The molecule has 0 atom stereocenters. The summed E-state index contributed by atoms with van der Waals surface area (Å²) >= 11 is 12.2. The zero-order valence-electron chi connectivity index (χ0n) is 12.1. The van der Waals surface area contributed by atoms with E-state index in [2.05, 4.69) is 32.7 Å². The molecule has 1 heterocycles. The van der Waals surface area contributed by atoms with Gasteiger partial charge in [-0.05, 0) is 17.7 Å². The van der Waals surface area contributed by atoms with Crippen LogP contribution >= 0.6 is 23.2 Å². The molecule has 1 aromatic heterocycles. The molecule has 0 bridgehead atoms. The summed E-state index contributed by atoms with van der Waals surface area (Å²) in [6, 6.07) is 17.3. The van der Waals surface area contributed by atoms with Crippen LogP contribution in [0.1, 0.15) is 5.56 Å². The molecule has 116 valence electrons. The molecule has 0 aliphatic heterocycles. The highest BCUT2D eigenvalue weighted by Gasteiger charge is 2.06. The maximum absolute atomic E-state index is 6.17. The number of hydrogen-bond acceptors (Lipinski definition) is 4. The Balaban J connectivity index is 1.71. The first kappa shape index (κ1) is 15.6. The quantitative estimate of drug-likeness (QED) is 0.672. The highest BCUT2D eigenvalue weighted by atomic mass is 35.5. The number of nitrogens with zero attached hydrogens (tertiary/aromatic N) is 2. The molecule has 2 N–H and O–H groups in total. The molecule has 0 spiro atoms. The van der Waals surface area contributed by atoms with Crippen molar-refractivity contribution in [1.29, 1.82) is 0 Å². The first-order valence-corrected chi connectivity index (χ1v) is 7.79. The zero-order chi connectivity index (χ0) is 16.1. The lowest BCUT2D eigenvalue weighted by atomic mass is 10.2. The molecule has 0 aliphatic rings. The lowest BCUT2D eigenvalue weighted by molar-refractivity contribution is 1.08. The van der Waals surface area contributed by atoms with Gasteiger partial charge in [0, 0.05) is 12.6 Å². The minimum Gasteiger partial charge on any atom is -0.366 e. The van der Waals surface area contributed by atoms with E-state index >= 15 is 0 Å². The van der Waals surface area contributed by atoms with Crippen molar-refractivity contribution in [3.8, 4) is 0 Å². The molecule has 0 saturated carbocycles. The highest BCUT2D eigenvalue weighted by molar-refractivity contribution is 6.43. The summed E-state index contributed by atoms with van der Waals surface area (Å²) in [4.78, 5) is 8.41. The van der Waals surface area contributed by atoms with Gasteiger partial charge in [-0.2, -0.15) is 0 Å². The predicted octanol–water partition coefficient (Wildman–Crippen LogP) is 5.14. The molecule has 0 amide bonds. The minimum absolute atomic E-state index is 0.464. The summed E-state index contributed by atoms with van der Waals surface area (Å²) in [5.74, 6) is 1.37. The van der Waals surface area contributed by atoms with Gasteiger partial charge in [0.15, 0.2) is 0 Å². The van der Waals surface area contributed by atoms with Crippen molar-refractivity contribution < 1.29 is 0 Å². The molecule has 4 nitrogen and oxygen atoms in total. The fourth-order valence-electron chi connectivity index (χ4n) is 2.05. The van der Waals surface area contributed by atoms with Crippen LogP contribution in [0.4, 0.5) is 17.3 Å². The molecule has 0 saturated heterocycles. The summed E-state index contributed by atoms with van der Waals surface area (Å²) in [5.41, 5.74) is 1.88. The van der Waals surface area contributed by atoms with Gasteiger partial charge in [0.05, 0.1) is 15.7 Å². The van der Waals surface area contributed by atoms with Gasteiger partial charge >= 0.3 is 0 Å². The molecule has 0 unspecified atom stereocenters. The van der Waals surface area contributed by atoms with Crippen molar-refractivity contribution in [3.63, 3.8) is 0 Å². The van der Waals surface area contributed by atoms with Gasteiger partial charge in [-0.1, -0.05) is 59.6 Å². The van der Waals surface area contributed by atoms with Crippen molar-refractivity contribution in [2.75, 3.05) is 10.6 Å². The van der Waals surface area contributed by atoms with Crippen molar-refractivity contribution in [1.82, 2.24) is 9.97 Å². The van der Waals surface area contributed by atoms with Crippen LogP contribution in [-0.2, 0) is 6.54 Å². The van der Waals surface area contributed by atoms with Crippen molar-refractivity contribution >= 4 is 40.5 Å². The molecular formula is C17H14Cl2N4. The van der Waals surface area contributed by atoms with Gasteiger partial charge in [0.1, 0.15) is 18.0 Å². The van der Waals surface area contributed by atoms with E-state index in [1.165, 1.54) is 11.9 Å². The Labute approximate surface area is 144 Å². The number of nitrogens with one attached hydrogen (secondary N) is 2. The lowest BCUT2D eigenvalue weighted by Gasteiger charge is -2.10. The van der Waals surface area contributed by atoms with Crippen LogP contribution in [0.3, 0.4) is 0 Å². The van der Waals surface area contributed by atoms with Gasteiger partial charge in [0.2, 0.25) is 0 Å². The molecule has 0 fully saturated rings. The largest absolute Gasteiger partial charge is 0.366 e. The van der Waals surface area contributed by atoms with Crippen molar-refractivity contribution in [2.45, 2.75) is 6.54 Å². The molecule has 23 heavy (non-hydrogen) atoms. The number of hydrogen-bond donors (Lipinski definition) is 2. The summed E-state index contributed by atoms with van der Waals surface area (Å²) in [6.07, 6.45) is 1.49. The van der Waals surface area contributed by atoms with E-state index < -0.39 is 0 Å². The maximum atomic E-state index is 6.17. The summed E-state index contributed by atoms with van der Waals surface area (Å²) in [7, 11) is 0. The van der Waals surface area contributed by atoms with E-state index in [0.717, 1.165) is 5.82 Å². The lowest BCUT2D eigenvalue weighted by Crippen LogP contribution is -2.03. The van der Waals surface area contributed by atoms with Crippen LogP contribution in [0, 0.1) is 0 Å². The van der Waals surface area contributed by atoms with E-state index in [1.807, 2.05) is 36.4 Å². The second-order valence-corrected chi connectivity index (χ2v) is 5.64. The standard InChI is InChI=1S/C17H14Cl2N4/c18-13-7-4-8-14(17(13)19)23-16-9-15(21-11-22-16)20-10-12-5-2-1-3-6-12/h1-9,11H,10H2,(H2,20,21,22,23). The second kappa shape index (κ2) is 7.31. The first-order chi connectivity index (χ1) is 11.2.